The van der Waals surface area contributed by atoms with Gasteiger partial charge in [-0.3, -0.25) is 9.40 Å². The molecular formula is C16H18FN7O3S. The smallest absolute Gasteiger partial charge is 0.230 e. The van der Waals surface area contributed by atoms with Gasteiger partial charge in [-0.05, 0) is 12.1 Å². The van der Waals surface area contributed by atoms with Crippen LogP contribution in [-0.4, -0.2) is 41.5 Å². The van der Waals surface area contributed by atoms with Crippen LogP contribution < -0.4 is 20.1 Å². The Morgan fingerprint density at radius 1 is 1.18 bits per heavy atom. The summed E-state index contributed by atoms with van der Waals surface area (Å²) in [6.45, 7) is 0. The zero-order valence-electron chi connectivity index (χ0n) is 15.3. The summed E-state index contributed by atoms with van der Waals surface area (Å²) in [6.07, 6.45) is 3.73. The lowest BCUT2D eigenvalue weighted by molar-refractivity contribution is 0.415. The van der Waals surface area contributed by atoms with Crippen molar-refractivity contribution < 1.29 is 17.5 Å². The van der Waals surface area contributed by atoms with Gasteiger partial charge >= 0.3 is 0 Å². The van der Waals surface area contributed by atoms with Crippen molar-refractivity contribution in [1.82, 2.24) is 19.7 Å². The van der Waals surface area contributed by atoms with Crippen molar-refractivity contribution in [2.24, 2.45) is 7.05 Å². The van der Waals surface area contributed by atoms with Gasteiger partial charge in [0.15, 0.2) is 17.5 Å². The van der Waals surface area contributed by atoms with Crippen LogP contribution in [0.3, 0.4) is 0 Å². The zero-order valence-corrected chi connectivity index (χ0v) is 16.1. The zero-order chi connectivity index (χ0) is 20.3. The van der Waals surface area contributed by atoms with E-state index >= 15 is 0 Å². The number of anilines is 5. The lowest BCUT2D eigenvalue weighted by Gasteiger charge is -2.14. The summed E-state index contributed by atoms with van der Waals surface area (Å²) in [5.74, 6) is 0.179. The molecule has 0 radical (unpaired) electrons. The van der Waals surface area contributed by atoms with Gasteiger partial charge in [-0.2, -0.15) is 10.1 Å². The Bertz CT molecular complexity index is 1100. The number of sulfonamides is 1. The van der Waals surface area contributed by atoms with Gasteiger partial charge in [-0.25, -0.2) is 17.8 Å². The van der Waals surface area contributed by atoms with Gasteiger partial charge in [0.1, 0.15) is 5.75 Å². The van der Waals surface area contributed by atoms with Crippen LogP contribution >= 0.6 is 0 Å². The molecule has 3 rings (SSSR count). The average molecular weight is 407 g/mol. The van der Waals surface area contributed by atoms with Crippen molar-refractivity contribution >= 4 is 39.0 Å². The number of hydrogen-bond donors (Lipinski definition) is 3. The third-order valence-corrected chi connectivity index (χ3v) is 4.06. The van der Waals surface area contributed by atoms with Gasteiger partial charge in [-0.15, -0.1) is 0 Å². The van der Waals surface area contributed by atoms with Gasteiger partial charge in [0.25, 0.3) is 0 Å². The number of benzene rings is 1. The average Bonchev–Trinajstić information content (AvgIpc) is 3.02. The van der Waals surface area contributed by atoms with Crippen molar-refractivity contribution in [3.63, 3.8) is 0 Å². The highest BCUT2D eigenvalue weighted by atomic mass is 32.2. The van der Waals surface area contributed by atoms with E-state index in [4.69, 9.17) is 4.74 Å². The fourth-order valence-corrected chi connectivity index (χ4v) is 2.85. The van der Waals surface area contributed by atoms with E-state index in [-0.39, 0.29) is 23.1 Å². The summed E-state index contributed by atoms with van der Waals surface area (Å²) in [7, 11) is -0.364. The molecule has 28 heavy (non-hydrogen) atoms. The van der Waals surface area contributed by atoms with Crippen LogP contribution in [0, 0.1) is 5.82 Å². The van der Waals surface area contributed by atoms with Crippen molar-refractivity contribution in [2.75, 3.05) is 28.7 Å². The molecule has 0 saturated heterocycles. The maximum atomic E-state index is 14.2. The Labute approximate surface area is 160 Å². The summed E-state index contributed by atoms with van der Waals surface area (Å²) in [4.78, 5) is 7.96. The van der Waals surface area contributed by atoms with Crippen LogP contribution in [0.2, 0.25) is 0 Å². The van der Waals surface area contributed by atoms with Crippen molar-refractivity contribution in [2.45, 2.75) is 0 Å². The van der Waals surface area contributed by atoms with E-state index in [1.807, 2.05) is 0 Å². The molecule has 0 unspecified atom stereocenters. The minimum absolute atomic E-state index is 0.119. The molecular weight excluding hydrogens is 389 g/mol. The number of nitrogens with one attached hydrogen (secondary N) is 3. The Kier molecular flexibility index (Phi) is 5.31. The number of methoxy groups -OCH3 is 1. The molecule has 2 heterocycles. The van der Waals surface area contributed by atoms with E-state index < -0.39 is 15.8 Å². The largest absolute Gasteiger partial charge is 0.497 e. The Morgan fingerprint density at radius 2 is 1.96 bits per heavy atom. The number of hydrogen-bond acceptors (Lipinski definition) is 8. The molecule has 0 amide bonds. The number of rotatable bonds is 7. The van der Waals surface area contributed by atoms with Crippen molar-refractivity contribution in [3.8, 4) is 5.75 Å². The summed E-state index contributed by atoms with van der Waals surface area (Å²) in [5, 5.41) is 9.77. The molecule has 0 aliphatic carbocycles. The monoisotopic (exact) mass is 407 g/mol. The third kappa shape index (κ3) is 4.85. The number of ether oxygens (including phenoxy) is 1. The molecule has 0 aliphatic heterocycles. The standard InChI is InChI=1S/C16H18FN7O3S/c1-24-7-6-14(22-24)20-16-18-9-11(17)15(21-16)19-12-5-4-10(27-2)8-13(12)23-28(3,25)26/h4-9,23H,1-3H3,(H2,18,19,20,21,22). The van der Waals surface area contributed by atoms with Crippen LogP contribution in [-0.2, 0) is 17.1 Å². The fourth-order valence-electron chi connectivity index (χ4n) is 2.28. The predicted molar refractivity (Wildman–Crippen MR) is 103 cm³/mol. The van der Waals surface area contributed by atoms with Crippen LogP contribution in [0.25, 0.3) is 0 Å². The predicted octanol–water partition coefficient (Wildman–Crippen LogP) is 2.22. The summed E-state index contributed by atoms with van der Waals surface area (Å²) < 4.78 is 46.5. The molecule has 148 valence electrons. The van der Waals surface area contributed by atoms with E-state index in [1.54, 1.807) is 36.1 Å². The van der Waals surface area contributed by atoms with E-state index in [0.29, 0.717) is 11.6 Å². The lowest BCUT2D eigenvalue weighted by Crippen LogP contribution is -2.12. The van der Waals surface area contributed by atoms with Gasteiger partial charge in [0, 0.05) is 25.4 Å². The minimum atomic E-state index is -3.57. The molecule has 0 saturated carbocycles. The fraction of sp³-hybridized carbons (Fsp3) is 0.188. The molecule has 0 fully saturated rings. The highest BCUT2D eigenvalue weighted by Crippen LogP contribution is 2.31. The maximum Gasteiger partial charge on any atom is 0.230 e. The topological polar surface area (TPSA) is 123 Å². The molecule has 0 bridgehead atoms. The second kappa shape index (κ2) is 7.68. The van der Waals surface area contributed by atoms with Crippen molar-refractivity contribution in [1.29, 1.82) is 0 Å². The molecule has 10 nitrogen and oxygen atoms in total. The molecule has 1 aromatic carbocycles. The van der Waals surface area contributed by atoms with Gasteiger partial charge in [0.05, 0.1) is 30.9 Å². The summed E-state index contributed by atoms with van der Waals surface area (Å²) >= 11 is 0. The van der Waals surface area contributed by atoms with Crippen LogP contribution in [0.15, 0.2) is 36.7 Å². The van der Waals surface area contributed by atoms with Crippen LogP contribution in [0.4, 0.5) is 33.3 Å². The van der Waals surface area contributed by atoms with Gasteiger partial charge in [-0.1, -0.05) is 0 Å². The SMILES string of the molecule is COc1ccc(Nc2nc(Nc3ccn(C)n3)ncc2F)c(NS(C)(=O)=O)c1. The Balaban J connectivity index is 1.91. The first kappa shape index (κ1) is 19.4. The Morgan fingerprint density at radius 3 is 2.61 bits per heavy atom. The highest BCUT2D eigenvalue weighted by molar-refractivity contribution is 7.92. The number of aromatic nitrogens is 4. The number of aryl methyl sites for hydroxylation is 1. The molecule has 0 spiro atoms. The van der Waals surface area contributed by atoms with E-state index in [2.05, 4.69) is 30.4 Å². The first-order valence-electron chi connectivity index (χ1n) is 7.95. The van der Waals surface area contributed by atoms with E-state index in [0.717, 1.165) is 12.5 Å². The number of halogens is 1. The minimum Gasteiger partial charge on any atom is -0.497 e. The molecule has 3 N–H and O–H groups in total. The van der Waals surface area contributed by atoms with Gasteiger partial charge < -0.3 is 15.4 Å². The van der Waals surface area contributed by atoms with E-state index in [9.17, 15) is 12.8 Å². The van der Waals surface area contributed by atoms with Crippen LogP contribution in [0.1, 0.15) is 0 Å². The van der Waals surface area contributed by atoms with E-state index in [1.165, 1.54) is 13.2 Å². The Hall–Kier alpha value is -3.41. The molecule has 3 aromatic rings. The molecule has 0 atom stereocenters. The highest BCUT2D eigenvalue weighted by Gasteiger charge is 2.14. The van der Waals surface area contributed by atoms with Crippen LogP contribution in [0.5, 0.6) is 5.75 Å². The third-order valence-electron chi connectivity index (χ3n) is 3.47. The molecule has 0 aliphatic rings. The summed E-state index contributed by atoms with van der Waals surface area (Å²) in [6, 6.07) is 6.31. The molecule has 2 aromatic heterocycles. The lowest BCUT2D eigenvalue weighted by atomic mass is 10.2. The van der Waals surface area contributed by atoms with Gasteiger partial charge in [0.2, 0.25) is 16.0 Å². The number of nitrogens with zero attached hydrogens (tertiary/aromatic N) is 4. The quantitative estimate of drug-likeness (QED) is 0.545. The first-order valence-corrected chi connectivity index (χ1v) is 9.85. The second-order valence-corrected chi connectivity index (χ2v) is 7.55. The molecule has 12 heteroatoms. The second-order valence-electron chi connectivity index (χ2n) is 5.80. The van der Waals surface area contributed by atoms with Crippen molar-refractivity contribution in [3.05, 3.63) is 42.5 Å². The normalized spacial score (nSPS) is 11.1. The maximum absolute atomic E-state index is 14.2. The summed E-state index contributed by atoms with van der Waals surface area (Å²) in [5.41, 5.74) is 0.465. The first-order chi connectivity index (χ1) is 13.2.